The molecule has 0 radical (unpaired) electrons. The van der Waals surface area contributed by atoms with Crippen LogP contribution in [0.4, 0.5) is 30.4 Å². The lowest BCUT2D eigenvalue weighted by Crippen LogP contribution is -2.18. The quantitative estimate of drug-likeness (QED) is 0.668. The molecule has 0 bridgehead atoms. The molecule has 2 heterocycles. The summed E-state index contributed by atoms with van der Waals surface area (Å²) in [5.41, 5.74) is 3.63. The van der Waals surface area contributed by atoms with Gasteiger partial charge in [-0.05, 0) is 43.2 Å². The first kappa shape index (κ1) is 18.2. The van der Waals surface area contributed by atoms with Crippen molar-refractivity contribution < 1.29 is 23.0 Å². The highest BCUT2D eigenvalue weighted by Crippen LogP contribution is 2.45. The number of benzene rings is 2. The van der Waals surface area contributed by atoms with Gasteiger partial charge in [0.05, 0.1) is 5.69 Å². The van der Waals surface area contributed by atoms with E-state index < -0.39 is 6.36 Å². The molecule has 5 nitrogen and oxygen atoms in total. The zero-order valence-electron chi connectivity index (χ0n) is 15.3. The number of alkyl halides is 3. The normalized spacial score (nSPS) is 13.7. The van der Waals surface area contributed by atoms with Gasteiger partial charge in [-0.2, -0.15) is 0 Å². The van der Waals surface area contributed by atoms with Crippen molar-refractivity contribution in [3.8, 4) is 11.5 Å². The molecule has 2 aromatic carbocycles. The van der Waals surface area contributed by atoms with Crippen LogP contribution in [0.15, 0.2) is 36.4 Å². The monoisotopic (exact) mass is 389 g/mol. The third-order valence-electron chi connectivity index (χ3n) is 4.84. The Morgan fingerprint density at radius 1 is 1.21 bits per heavy atom. The summed E-state index contributed by atoms with van der Waals surface area (Å²) in [5, 5.41) is 13.3. The van der Waals surface area contributed by atoms with E-state index in [2.05, 4.69) is 15.0 Å². The summed E-state index contributed by atoms with van der Waals surface area (Å²) in [6, 6.07) is 9.61. The summed E-state index contributed by atoms with van der Waals surface area (Å²) in [7, 11) is 1.69. The second-order valence-electron chi connectivity index (χ2n) is 6.61. The minimum absolute atomic E-state index is 0.145. The molecule has 0 unspecified atom stereocenters. The first-order chi connectivity index (χ1) is 13.3. The van der Waals surface area contributed by atoms with Crippen LogP contribution in [-0.4, -0.2) is 30.0 Å². The number of halogens is 3. The van der Waals surface area contributed by atoms with Crippen LogP contribution in [0.1, 0.15) is 11.1 Å². The van der Waals surface area contributed by atoms with Crippen LogP contribution in [0.3, 0.4) is 0 Å². The fourth-order valence-corrected chi connectivity index (χ4v) is 3.76. The van der Waals surface area contributed by atoms with E-state index in [4.69, 9.17) is 0 Å². The Hall–Kier alpha value is -3.16. The highest BCUT2D eigenvalue weighted by molar-refractivity contribution is 6.02. The first-order valence-electron chi connectivity index (χ1n) is 8.75. The molecule has 0 aliphatic carbocycles. The van der Waals surface area contributed by atoms with E-state index in [1.807, 2.05) is 11.8 Å². The number of aromatic hydroxyl groups is 1. The number of para-hydroxylation sites is 1. The third kappa shape index (κ3) is 3.04. The number of hydrogen-bond donors (Lipinski definition) is 2. The number of ether oxygens (including phenoxy) is 1. The van der Waals surface area contributed by atoms with E-state index in [9.17, 15) is 18.3 Å². The van der Waals surface area contributed by atoms with Crippen molar-refractivity contribution in [3.63, 3.8) is 0 Å². The third-order valence-corrected chi connectivity index (χ3v) is 4.84. The van der Waals surface area contributed by atoms with E-state index in [-0.39, 0.29) is 17.0 Å². The maximum absolute atomic E-state index is 12.9. The number of nitrogens with one attached hydrogen (secondary N) is 1. The number of rotatable bonds is 3. The number of aryl methyl sites for hydroxylation is 1. The number of pyridine rings is 1. The van der Waals surface area contributed by atoms with Crippen molar-refractivity contribution in [1.29, 1.82) is 0 Å². The zero-order chi connectivity index (χ0) is 20.1. The maximum Gasteiger partial charge on any atom is 0.573 e. The van der Waals surface area contributed by atoms with Gasteiger partial charge in [-0.25, -0.2) is 4.98 Å². The zero-order valence-corrected chi connectivity index (χ0v) is 15.3. The number of nitrogens with zero attached hydrogens (tertiary/aromatic N) is 2. The van der Waals surface area contributed by atoms with Crippen molar-refractivity contribution in [2.75, 3.05) is 23.8 Å². The SMILES string of the molecule is CNc1nc2c(OC(F)(F)F)cccc2c2c1CCN2c1ccc(O)cc1C. The van der Waals surface area contributed by atoms with Gasteiger partial charge in [0.2, 0.25) is 0 Å². The Kier molecular flexibility index (Phi) is 4.21. The van der Waals surface area contributed by atoms with Crippen molar-refractivity contribution in [3.05, 3.63) is 47.5 Å². The number of phenolic OH excluding ortho intramolecular Hbond substituents is 1. The van der Waals surface area contributed by atoms with Crippen LogP contribution in [0, 0.1) is 6.92 Å². The minimum atomic E-state index is -4.80. The lowest BCUT2D eigenvalue weighted by Gasteiger charge is -2.24. The van der Waals surface area contributed by atoms with Crippen molar-refractivity contribution in [2.24, 2.45) is 0 Å². The lowest BCUT2D eigenvalue weighted by atomic mass is 10.1. The van der Waals surface area contributed by atoms with Crippen molar-refractivity contribution in [2.45, 2.75) is 19.7 Å². The summed E-state index contributed by atoms with van der Waals surface area (Å²) in [6.07, 6.45) is -4.11. The smallest absolute Gasteiger partial charge is 0.508 e. The van der Waals surface area contributed by atoms with Gasteiger partial charge in [0.15, 0.2) is 5.75 Å². The van der Waals surface area contributed by atoms with Crippen LogP contribution in [0.2, 0.25) is 0 Å². The van der Waals surface area contributed by atoms with Crippen LogP contribution in [0.25, 0.3) is 10.9 Å². The Morgan fingerprint density at radius 2 is 2.00 bits per heavy atom. The maximum atomic E-state index is 12.9. The molecule has 28 heavy (non-hydrogen) atoms. The topological polar surface area (TPSA) is 57.6 Å². The molecule has 0 saturated carbocycles. The molecular formula is C20H18F3N3O2. The molecule has 0 atom stereocenters. The Labute approximate surface area is 159 Å². The Balaban J connectivity index is 1.96. The number of hydrogen-bond acceptors (Lipinski definition) is 5. The van der Waals surface area contributed by atoms with E-state index in [1.165, 1.54) is 12.1 Å². The number of fused-ring (bicyclic) bond motifs is 3. The highest BCUT2D eigenvalue weighted by atomic mass is 19.4. The average molecular weight is 389 g/mol. The Bertz CT molecular complexity index is 1070. The summed E-state index contributed by atoms with van der Waals surface area (Å²) >= 11 is 0. The number of phenols is 1. The number of aromatic nitrogens is 1. The molecule has 1 aliphatic rings. The van der Waals surface area contributed by atoms with Gasteiger partial charge in [0.1, 0.15) is 17.1 Å². The molecule has 1 aliphatic heterocycles. The molecule has 0 fully saturated rings. The fourth-order valence-electron chi connectivity index (χ4n) is 3.76. The van der Waals surface area contributed by atoms with Gasteiger partial charge in [-0.3, -0.25) is 0 Å². The molecule has 4 rings (SSSR count). The second-order valence-corrected chi connectivity index (χ2v) is 6.61. The van der Waals surface area contributed by atoms with Crippen LogP contribution >= 0.6 is 0 Å². The lowest BCUT2D eigenvalue weighted by molar-refractivity contribution is -0.274. The summed E-state index contributed by atoms with van der Waals surface area (Å²) in [5.74, 6) is 0.357. The van der Waals surface area contributed by atoms with E-state index in [1.54, 1.807) is 31.3 Å². The molecular weight excluding hydrogens is 371 g/mol. The van der Waals surface area contributed by atoms with Crippen molar-refractivity contribution in [1.82, 2.24) is 4.98 Å². The predicted octanol–water partition coefficient (Wildman–Crippen LogP) is 4.88. The van der Waals surface area contributed by atoms with Gasteiger partial charge < -0.3 is 20.1 Å². The molecule has 1 aromatic heterocycles. The standard InChI is InChI=1S/C20H18F3N3O2/c1-11-10-12(27)6-7-15(11)26-9-8-14-18(26)13-4-3-5-16(28-20(21,22)23)17(13)25-19(14)24-2/h3-7,10,27H,8-9H2,1-2H3,(H,24,25). The summed E-state index contributed by atoms with van der Waals surface area (Å²) in [6.45, 7) is 2.54. The predicted molar refractivity (Wildman–Crippen MR) is 102 cm³/mol. The van der Waals surface area contributed by atoms with Crippen LogP contribution in [0.5, 0.6) is 11.5 Å². The molecule has 3 aromatic rings. The molecule has 0 spiro atoms. The summed E-state index contributed by atoms with van der Waals surface area (Å²) < 4.78 is 42.8. The van der Waals surface area contributed by atoms with Gasteiger partial charge >= 0.3 is 6.36 Å². The molecule has 146 valence electrons. The highest BCUT2D eigenvalue weighted by Gasteiger charge is 2.34. The van der Waals surface area contributed by atoms with Gasteiger partial charge in [-0.15, -0.1) is 13.2 Å². The van der Waals surface area contributed by atoms with Crippen molar-refractivity contribution >= 4 is 28.1 Å². The minimum Gasteiger partial charge on any atom is -0.508 e. The largest absolute Gasteiger partial charge is 0.573 e. The van der Waals surface area contributed by atoms with Crippen LogP contribution < -0.4 is 15.0 Å². The molecule has 2 N–H and O–H groups in total. The number of anilines is 3. The van der Waals surface area contributed by atoms with Crippen LogP contribution in [-0.2, 0) is 6.42 Å². The van der Waals surface area contributed by atoms with Gasteiger partial charge in [0, 0.05) is 30.2 Å². The van der Waals surface area contributed by atoms with E-state index >= 15 is 0 Å². The van der Waals surface area contributed by atoms with E-state index in [0.29, 0.717) is 24.2 Å². The van der Waals surface area contributed by atoms with Gasteiger partial charge in [-0.1, -0.05) is 12.1 Å². The van der Waals surface area contributed by atoms with Gasteiger partial charge in [0.25, 0.3) is 0 Å². The summed E-state index contributed by atoms with van der Waals surface area (Å²) in [4.78, 5) is 6.46. The second kappa shape index (κ2) is 6.47. The molecule has 0 saturated heterocycles. The Morgan fingerprint density at radius 3 is 2.68 bits per heavy atom. The first-order valence-corrected chi connectivity index (χ1v) is 8.75. The molecule has 8 heteroatoms. The molecule has 0 amide bonds. The average Bonchev–Trinajstić information content (AvgIpc) is 3.05. The van der Waals surface area contributed by atoms with E-state index in [0.717, 1.165) is 22.5 Å². The fraction of sp³-hybridized carbons (Fsp3) is 0.250.